The predicted octanol–water partition coefficient (Wildman–Crippen LogP) is 2.86. The summed E-state index contributed by atoms with van der Waals surface area (Å²) in [6, 6.07) is 2.67. The lowest BCUT2D eigenvalue weighted by Crippen LogP contribution is -2.49. The van der Waals surface area contributed by atoms with Crippen molar-refractivity contribution in [3.05, 3.63) is 20.8 Å². The molecular weight excluding hydrogens is 312 g/mol. The molecule has 1 saturated heterocycles. The van der Waals surface area contributed by atoms with Crippen LogP contribution in [0.15, 0.2) is 15.2 Å². The molecule has 2 heterocycles. The van der Waals surface area contributed by atoms with Crippen LogP contribution in [-0.4, -0.2) is 29.9 Å². The summed E-state index contributed by atoms with van der Waals surface area (Å²) in [4.78, 5) is 13.3. The van der Waals surface area contributed by atoms with E-state index < -0.39 is 0 Å². The van der Waals surface area contributed by atoms with E-state index in [2.05, 4.69) is 39.6 Å². The summed E-state index contributed by atoms with van der Waals surface area (Å²) in [5.41, 5.74) is 1.33. The molecule has 0 aromatic carbocycles. The first-order valence-corrected chi connectivity index (χ1v) is 7.95. The van der Waals surface area contributed by atoms with E-state index in [1.54, 1.807) is 18.3 Å². The van der Waals surface area contributed by atoms with E-state index in [1.807, 2.05) is 4.90 Å². The lowest BCUT2D eigenvalue weighted by molar-refractivity contribution is -0.130. The second kappa shape index (κ2) is 6.17. The van der Waals surface area contributed by atoms with Gasteiger partial charge in [-0.3, -0.25) is 4.79 Å². The Labute approximate surface area is 121 Å². The number of halogens is 1. The number of carbonyl (C=O) groups excluding carboxylic acids is 1. The third-order valence-corrected chi connectivity index (χ3v) is 5.09. The topological polar surface area (TPSA) is 32.3 Å². The molecule has 0 radical (unpaired) electrons. The zero-order valence-electron chi connectivity index (χ0n) is 10.8. The minimum atomic E-state index is 0.196. The van der Waals surface area contributed by atoms with Crippen molar-refractivity contribution in [1.82, 2.24) is 10.2 Å². The van der Waals surface area contributed by atoms with Gasteiger partial charge < -0.3 is 10.2 Å². The number of amides is 1. The maximum absolute atomic E-state index is 11.3. The van der Waals surface area contributed by atoms with Crippen molar-refractivity contribution < 1.29 is 4.79 Å². The van der Waals surface area contributed by atoms with Crippen LogP contribution in [-0.2, 0) is 11.3 Å². The number of hydrogen-bond acceptors (Lipinski definition) is 3. The van der Waals surface area contributed by atoms with E-state index >= 15 is 0 Å². The fourth-order valence-electron chi connectivity index (χ4n) is 2.42. The molecule has 1 aliphatic rings. The molecular formula is C13H19BrN2OS. The SMILES string of the molecule is CC(=O)N1CC[C@H](NCc2csc(Br)c2)[C@@H](C)C1. The Kier molecular flexibility index (Phi) is 4.81. The van der Waals surface area contributed by atoms with Gasteiger partial charge in [-0.2, -0.15) is 0 Å². The van der Waals surface area contributed by atoms with Gasteiger partial charge in [0.05, 0.1) is 3.79 Å². The van der Waals surface area contributed by atoms with Gasteiger partial charge in [0.25, 0.3) is 0 Å². The first kappa shape index (κ1) is 14.0. The largest absolute Gasteiger partial charge is 0.343 e. The third kappa shape index (κ3) is 3.56. The Bertz CT molecular complexity index is 421. The Hall–Kier alpha value is -0.390. The molecule has 0 aliphatic carbocycles. The molecule has 1 fully saturated rings. The second-order valence-corrected chi connectivity index (χ2v) is 7.27. The Morgan fingerprint density at radius 3 is 3.00 bits per heavy atom. The number of nitrogens with one attached hydrogen (secondary N) is 1. The summed E-state index contributed by atoms with van der Waals surface area (Å²) < 4.78 is 1.18. The number of thiophene rings is 1. The highest BCUT2D eigenvalue weighted by Gasteiger charge is 2.26. The average molecular weight is 331 g/mol. The molecule has 2 atom stereocenters. The van der Waals surface area contributed by atoms with E-state index in [0.29, 0.717) is 12.0 Å². The van der Waals surface area contributed by atoms with Crippen LogP contribution >= 0.6 is 27.3 Å². The van der Waals surface area contributed by atoms with Crippen molar-refractivity contribution >= 4 is 33.2 Å². The maximum Gasteiger partial charge on any atom is 0.219 e. The Balaban J connectivity index is 1.82. The van der Waals surface area contributed by atoms with Crippen molar-refractivity contribution in [2.45, 2.75) is 32.9 Å². The van der Waals surface area contributed by atoms with Crippen molar-refractivity contribution in [3.63, 3.8) is 0 Å². The van der Waals surface area contributed by atoms with Gasteiger partial charge in [0.15, 0.2) is 0 Å². The van der Waals surface area contributed by atoms with Gasteiger partial charge in [-0.05, 0) is 45.3 Å². The summed E-state index contributed by atoms with van der Waals surface area (Å²) >= 11 is 5.20. The zero-order chi connectivity index (χ0) is 13.1. The molecule has 1 N–H and O–H groups in total. The number of carbonyl (C=O) groups is 1. The molecule has 0 bridgehead atoms. The van der Waals surface area contributed by atoms with Crippen LogP contribution in [0.3, 0.4) is 0 Å². The molecule has 0 unspecified atom stereocenters. The van der Waals surface area contributed by atoms with Gasteiger partial charge in [-0.25, -0.2) is 0 Å². The van der Waals surface area contributed by atoms with Gasteiger partial charge in [0.2, 0.25) is 5.91 Å². The van der Waals surface area contributed by atoms with Crippen LogP contribution in [0.25, 0.3) is 0 Å². The predicted molar refractivity (Wildman–Crippen MR) is 78.7 cm³/mol. The summed E-state index contributed by atoms with van der Waals surface area (Å²) in [6.07, 6.45) is 1.05. The number of piperidine rings is 1. The maximum atomic E-state index is 11.3. The summed E-state index contributed by atoms with van der Waals surface area (Å²) in [5.74, 6) is 0.715. The fourth-order valence-corrected chi connectivity index (χ4v) is 3.63. The summed E-state index contributed by atoms with van der Waals surface area (Å²) in [5, 5.41) is 5.78. The quantitative estimate of drug-likeness (QED) is 0.924. The number of rotatable bonds is 3. The highest BCUT2D eigenvalue weighted by atomic mass is 79.9. The third-order valence-electron chi connectivity index (χ3n) is 3.54. The standard InChI is InChI=1S/C13H19BrN2OS/c1-9-7-16(10(2)17)4-3-12(9)15-6-11-5-13(14)18-8-11/h5,8-9,12,15H,3-4,6-7H2,1-2H3/t9-,12-/m0/s1. The minimum absolute atomic E-state index is 0.196. The first-order chi connectivity index (χ1) is 8.56. The Morgan fingerprint density at radius 1 is 1.67 bits per heavy atom. The van der Waals surface area contributed by atoms with Crippen molar-refractivity contribution in [2.24, 2.45) is 5.92 Å². The van der Waals surface area contributed by atoms with E-state index in [1.165, 1.54) is 9.35 Å². The Morgan fingerprint density at radius 2 is 2.44 bits per heavy atom. The lowest BCUT2D eigenvalue weighted by Gasteiger charge is -2.37. The van der Waals surface area contributed by atoms with Gasteiger partial charge in [-0.15, -0.1) is 11.3 Å². The summed E-state index contributed by atoms with van der Waals surface area (Å²) in [6.45, 7) is 6.54. The van der Waals surface area contributed by atoms with Crippen LogP contribution in [0.4, 0.5) is 0 Å². The average Bonchev–Trinajstić information content (AvgIpc) is 2.73. The van der Waals surface area contributed by atoms with Crippen molar-refractivity contribution in [2.75, 3.05) is 13.1 Å². The van der Waals surface area contributed by atoms with E-state index in [-0.39, 0.29) is 5.91 Å². The first-order valence-electron chi connectivity index (χ1n) is 6.28. The van der Waals surface area contributed by atoms with Gasteiger partial charge in [0.1, 0.15) is 0 Å². The zero-order valence-corrected chi connectivity index (χ0v) is 13.2. The lowest BCUT2D eigenvalue weighted by atomic mass is 9.93. The van der Waals surface area contributed by atoms with E-state index in [0.717, 1.165) is 26.1 Å². The van der Waals surface area contributed by atoms with Crippen LogP contribution in [0.5, 0.6) is 0 Å². The molecule has 2 rings (SSSR count). The van der Waals surface area contributed by atoms with Gasteiger partial charge in [0, 0.05) is 32.6 Å². The molecule has 0 spiro atoms. The fraction of sp³-hybridized carbons (Fsp3) is 0.615. The van der Waals surface area contributed by atoms with E-state index in [9.17, 15) is 4.79 Å². The molecule has 0 saturated carbocycles. The monoisotopic (exact) mass is 330 g/mol. The molecule has 18 heavy (non-hydrogen) atoms. The van der Waals surface area contributed by atoms with Gasteiger partial charge in [-0.1, -0.05) is 6.92 Å². The molecule has 3 nitrogen and oxygen atoms in total. The second-order valence-electron chi connectivity index (χ2n) is 4.98. The number of hydrogen-bond donors (Lipinski definition) is 1. The number of likely N-dealkylation sites (tertiary alicyclic amines) is 1. The highest BCUT2D eigenvalue weighted by Crippen LogP contribution is 2.22. The van der Waals surface area contributed by atoms with Crippen molar-refractivity contribution in [1.29, 1.82) is 0 Å². The van der Waals surface area contributed by atoms with Crippen LogP contribution in [0.2, 0.25) is 0 Å². The van der Waals surface area contributed by atoms with Gasteiger partial charge >= 0.3 is 0 Å². The van der Waals surface area contributed by atoms with Crippen LogP contribution in [0.1, 0.15) is 25.8 Å². The van der Waals surface area contributed by atoms with E-state index in [4.69, 9.17) is 0 Å². The molecule has 5 heteroatoms. The normalized spacial score (nSPS) is 24.3. The van der Waals surface area contributed by atoms with Crippen LogP contribution < -0.4 is 5.32 Å². The van der Waals surface area contributed by atoms with Crippen molar-refractivity contribution in [3.8, 4) is 0 Å². The highest BCUT2D eigenvalue weighted by molar-refractivity contribution is 9.11. The summed E-state index contributed by atoms with van der Waals surface area (Å²) in [7, 11) is 0. The number of nitrogens with zero attached hydrogens (tertiary/aromatic N) is 1. The van der Waals surface area contributed by atoms with Crippen LogP contribution in [0, 0.1) is 5.92 Å². The smallest absolute Gasteiger partial charge is 0.219 e. The minimum Gasteiger partial charge on any atom is -0.343 e. The molecule has 1 aromatic heterocycles. The molecule has 100 valence electrons. The molecule has 1 amide bonds. The molecule has 1 aromatic rings. The molecule has 1 aliphatic heterocycles.